The van der Waals surface area contributed by atoms with Crippen molar-refractivity contribution < 1.29 is 32.2 Å². The molecule has 0 unspecified atom stereocenters. The van der Waals surface area contributed by atoms with Crippen LogP contribution in [0.15, 0.2) is 22.7 Å². The molecule has 1 aliphatic rings. The van der Waals surface area contributed by atoms with Crippen molar-refractivity contribution in [3.63, 3.8) is 0 Å². The maximum atomic E-state index is 12.1. The van der Waals surface area contributed by atoms with Crippen molar-refractivity contribution in [2.24, 2.45) is 0 Å². The van der Waals surface area contributed by atoms with Crippen LogP contribution in [0.2, 0.25) is 0 Å². The van der Waals surface area contributed by atoms with Gasteiger partial charge in [0.05, 0.1) is 14.2 Å². The lowest BCUT2D eigenvalue weighted by Gasteiger charge is -2.20. The van der Waals surface area contributed by atoms with Crippen LogP contribution in [0.3, 0.4) is 0 Å². The van der Waals surface area contributed by atoms with Crippen LogP contribution in [0.1, 0.15) is 26.2 Å². The summed E-state index contributed by atoms with van der Waals surface area (Å²) in [4.78, 5) is 24.0. The Morgan fingerprint density at radius 2 is 1.50 bits per heavy atom. The maximum Gasteiger partial charge on any atom is 0.389 e. The summed E-state index contributed by atoms with van der Waals surface area (Å²) in [7, 11) is 2.43. The third-order valence-corrected chi connectivity index (χ3v) is 2.98. The summed E-state index contributed by atoms with van der Waals surface area (Å²) in [6, 6.07) is 0. The van der Waals surface area contributed by atoms with Crippen LogP contribution in [0.4, 0.5) is 13.2 Å². The first-order chi connectivity index (χ1) is 9.22. The quantitative estimate of drug-likeness (QED) is 0.731. The van der Waals surface area contributed by atoms with Gasteiger partial charge in [-0.2, -0.15) is 13.2 Å². The summed E-state index contributed by atoms with van der Waals surface area (Å²) in [6.07, 6.45) is -5.67. The normalized spacial score (nSPS) is 16.9. The molecule has 0 aliphatic heterocycles. The number of ketones is 2. The standard InChI is InChI=1S/C13H15F3O4/c1-7-8(5-4-6-13(14,15)16)10(18)12(20-3)11(19-2)9(7)17/h4-6H2,1-3H3. The highest BCUT2D eigenvalue weighted by Crippen LogP contribution is 2.30. The van der Waals surface area contributed by atoms with E-state index < -0.39 is 24.2 Å². The minimum Gasteiger partial charge on any atom is -0.489 e. The maximum absolute atomic E-state index is 12.1. The van der Waals surface area contributed by atoms with Crippen molar-refractivity contribution in [2.45, 2.75) is 32.4 Å². The van der Waals surface area contributed by atoms with Gasteiger partial charge in [-0.05, 0) is 19.8 Å². The molecule has 1 aliphatic carbocycles. The lowest BCUT2D eigenvalue weighted by Crippen LogP contribution is -2.25. The highest BCUT2D eigenvalue weighted by molar-refractivity contribution is 6.23. The Hall–Kier alpha value is -1.79. The monoisotopic (exact) mass is 292 g/mol. The van der Waals surface area contributed by atoms with Gasteiger partial charge in [-0.15, -0.1) is 0 Å². The van der Waals surface area contributed by atoms with Crippen molar-refractivity contribution in [3.8, 4) is 0 Å². The second-order valence-electron chi connectivity index (χ2n) is 4.30. The molecular formula is C13H15F3O4. The van der Waals surface area contributed by atoms with Gasteiger partial charge in [-0.25, -0.2) is 0 Å². The second-order valence-corrected chi connectivity index (χ2v) is 4.30. The zero-order valence-electron chi connectivity index (χ0n) is 11.4. The number of hydrogen-bond donors (Lipinski definition) is 0. The number of hydrogen-bond acceptors (Lipinski definition) is 4. The smallest absolute Gasteiger partial charge is 0.389 e. The summed E-state index contributed by atoms with van der Waals surface area (Å²) in [6.45, 7) is 1.40. The average Bonchev–Trinajstić information content (AvgIpc) is 2.36. The van der Waals surface area contributed by atoms with E-state index in [2.05, 4.69) is 0 Å². The van der Waals surface area contributed by atoms with Gasteiger partial charge in [-0.3, -0.25) is 9.59 Å². The molecule has 4 nitrogen and oxygen atoms in total. The molecule has 0 radical (unpaired) electrons. The van der Waals surface area contributed by atoms with Gasteiger partial charge in [0, 0.05) is 17.6 Å². The fraction of sp³-hybridized carbons (Fsp3) is 0.538. The fourth-order valence-corrected chi connectivity index (χ4v) is 1.96. The number of carbonyl (C=O) groups is 2. The first-order valence-electron chi connectivity index (χ1n) is 5.91. The van der Waals surface area contributed by atoms with Crippen molar-refractivity contribution in [1.29, 1.82) is 0 Å². The van der Waals surface area contributed by atoms with Crippen molar-refractivity contribution in [2.75, 3.05) is 14.2 Å². The highest BCUT2D eigenvalue weighted by Gasteiger charge is 2.35. The zero-order chi connectivity index (χ0) is 15.5. The molecule has 20 heavy (non-hydrogen) atoms. The number of alkyl halides is 3. The predicted molar refractivity (Wildman–Crippen MR) is 63.7 cm³/mol. The Kier molecular flexibility index (Phi) is 4.97. The molecule has 0 saturated carbocycles. The number of rotatable bonds is 5. The summed E-state index contributed by atoms with van der Waals surface area (Å²) < 4.78 is 46.0. The van der Waals surface area contributed by atoms with E-state index in [0.717, 1.165) is 0 Å². The Balaban J connectivity index is 2.95. The molecule has 0 aromatic heterocycles. The summed E-state index contributed by atoms with van der Waals surface area (Å²) >= 11 is 0. The van der Waals surface area contributed by atoms with E-state index in [1.54, 1.807) is 0 Å². The molecular weight excluding hydrogens is 277 g/mol. The van der Waals surface area contributed by atoms with E-state index in [1.165, 1.54) is 21.1 Å². The number of ether oxygens (including phenoxy) is 2. The van der Waals surface area contributed by atoms with E-state index in [1.807, 2.05) is 0 Å². The Labute approximate surface area is 114 Å². The van der Waals surface area contributed by atoms with Crippen LogP contribution in [0.25, 0.3) is 0 Å². The number of methoxy groups -OCH3 is 2. The molecule has 0 fully saturated rings. The highest BCUT2D eigenvalue weighted by atomic mass is 19.4. The molecule has 0 amide bonds. The van der Waals surface area contributed by atoms with Gasteiger partial charge in [0.25, 0.3) is 0 Å². The first kappa shape index (κ1) is 16.3. The van der Waals surface area contributed by atoms with Gasteiger partial charge in [-0.1, -0.05) is 0 Å². The molecule has 112 valence electrons. The topological polar surface area (TPSA) is 52.6 Å². The summed E-state index contributed by atoms with van der Waals surface area (Å²) in [5.41, 5.74) is 0.159. The van der Waals surface area contributed by atoms with Gasteiger partial charge < -0.3 is 9.47 Å². The van der Waals surface area contributed by atoms with Gasteiger partial charge in [0.2, 0.25) is 23.1 Å². The number of allylic oxidation sites excluding steroid dienone is 2. The summed E-state index contributed by atoms with van der Waals surface area (Å²) in [5, 5.41) is 0. The number of carbonyl (C=O) groups excluding carboxylic acids is 2. The van der Waals surface area contributed by atoms with E-state index in [4.69, 9.17) is 9.47 Å². The molecule has 0 atom stereocenters. The number of halogens is 3. The molecule has 0 aromatic carbocycles. The molecule has 0 N–H and O–H groups in total. The molecule has 0 heterocycles. The van der Waals surface area contributed by atoms with Crippen LogP contribution >= 0.6 is 0 Å². The van der Waals surface area contributed by atoms with Gasteiger partial charge in [0.1, 0.15) is 0 Å². The zero-order valence-corrected chi connectivity index (χ0v) is 11.4. The van der Waals surface area contributed by atoms with Crippen LogP contribution in [-0.4, -0.2) is 32.0 Å². The van der Waals surface area contributed by atoms with Gasteiger partial charge in [0.15, 0.2) is 0 Å². The van der Waals surface area contributed by atoms with Crippen LogP contribution < -0.4 is 0 Å². The SMILES string of the molecule is COC1=C(OC)C(=O)C(CCCC(F)(F)F)=C(C)C1=O. The molecule has 0 aromatic rings. The first-order valence-corrected chi connectivity index (χ1v) is 5.91. The molecule has 7 heteroatoms. The summed E-state index contributed by atoms with van der Waals surface area (Å²) in [5.74, 6) is -1.60. The minimum atomic E-state index is -4.28. The minimum absolute atomic E-state index is 0.0527. The lowest BCUT2D eigenvalue weighted by molar-refractivity contribution is -0.135. The fourth-order valence-electron chi connectivity index (χ4n) is 1.96. The number of Topliss-reactive ketones (excluding diaryl/α,β-unsaturated/α-hetero) is 2. The van der Waals surface area contributed by atoms with Crippen LogP contribution in [-0.2, 0) is 19.1 Å². The van der Waals surface area contributed by atoms with Crippen LogP contribution in [0.5, 0.6) is 0 Å². The Morgan fingerprint density at radius 3 is 1.95 bits per heavy atom. The second kappa shape index (κ2) is 6.11. The Bertz CT molecular complexity index is 486. The average molecular weight is 292 g/mol. The molecule has 0 bridgehead atoms. The van der Waals surface area contributed by atoms with E-state index in [9.17, 15) is 22.8 Å². The van der Waals surface area contributed by atoms with Crippen molar-refractivity contribution >= 4 is 11.6 Å². The van der Waals surface area contributed by atoms with E-state index >= 15 is 0 Å². The van der Waals surface area contributed by atoms with E-state index in [0.29, 0.717) is 0 Å². The Morgan fingerprint density at radius 1 is 1.00 bits per heavy atom. The molecule has 0 saturated heterocycles. The van der Waals surface area contributed by atoms with Crippen molar-refractivity contribution in [1.82, 2.24) is 0 Å². The molecule has 1 rings (SSSR count). The van der Waals surface area contributed by atoms with E-state index in [-0.39, 0.29) is 35.5 Å². The lowest BCUT2D eigenvalue weighted by atomic mass is 9.90. The third kappa shape index (κ3) is 3.40. The largest absolute Gasteiger partial charge is 0.489 e. The van der Waals surface area contributed by atoms with Crippen molar-refractivity contribution in [3.05, 3.63) is 22.7 Å². The third-order valence-electron chi connectivity index (χ3n) is 2.98. The van der Waals surface area contributed by atoms with Gasteiger partial charge >= 0.3 is 6.18 Å². The predicted octanol–water partition coefficient (Wildman–Crippen LogP) is 2.69. The molecule has 0 spiro atoms. The van der Waals surface area contributed by atoms with Crippen LogP contribution in [0, 0.1) is 0 Å².